The highest BCUT2D eigenvalue weighted by atomic mass is 16.5. The summed E-state index contributed by atoms with van der Waals surface area (Å²) in [5.41, 5.74) is 0. The van der Waals surface area contributed by atoms with E-state index in [1.807, 2.05) is 0 Å². The molecule has 0 spiro atoms. The first-order chi connectivity index (χ1) is 7.24. The first-order valence-corrected chi connectivity index (χ1v) is 5.80. The van der Waals surface area contributed by atoms with Gasteiger partial charge in [0.05, 0.1) is 7.11 Å². The predicted octanol–water partition coefficient (Wildman–Crippen LogP) is 2.77. The molecule has 0 heterocycles. The summed E-state index contributed by atoms with van der Waals surface area (Å²) in [6.07, 6.45) is 7.63. The summed E-state index contributed by atoms with van der Waals surface area (Å²) in [7, 11) is 1.40. The van der Waals surface area contributed by atoms with E-state index < -0.39 is 0 Å². The van der Waals surface area contributed by atoms with Crippen molar-refractivity contribution in [3.63, 3.8) is 0 Å². The number of methoxy groups -OCH3 is 1. The maximum atomic E-state index is 11.1. The summed E-state index contributed by atoms with van der Waals surface area (Å²) in [6.45, 7) is 1.79. The highest BCUT2D eigenvalue weighted by molar-refractivity contribution is 5.75. The molecule has 0 aromatic carbocycles. The summed E-state index contributed by atoms with van der Waals surface area (Å²) >= 11 is 0. The van der Waals surface area contributed by atoms with E-state index in [0.29, 0.717) is 0 Å². The van der Waals surface area contributed by atoms with Crippen LogP contribution in [0.3, 0.4) is 0 Å². The lowest BCUT2D eigenvalue weighted by Crippen LogP contribution is -2.10. The van der Waals surface area contributed by atoms with Gasteiger partial charge in [0.15, 0.2) is 0 Å². The Balaban J connectivity index is 2.28. The molecule has 1 saturated carbocycles. The molecule has 0 amide bonds. The minimum Gasteiger partial charge on any atom is -0.468 e. The third-order valence-electron chi connectivity index (χ3n) is 2.99. The normalized spacial score (nSPS) is 18.8. The van der Waals surface area contributed by atoms with Crippen molar-refractivity contribution in [2.24, 2.45) is 11.8 Å². The van der Waals surface area contributed by atoms with Crippen LogP contribution in [-0.2, 0) is 9.53 Å². The number of hydrogen-bond acceptors (Lipinski definition) is 2. The summed E-state index contributed by atoms with van der Waals surface area (Å²) < 4.78 is 4.61. The lowest BCUT2D eigenvalue weighted by Gasteiger charge is -2.18. The van der Waals surface area contributed by atoms with Crippen LogP contribution >= 0.6 is 0 Å². The van der Waals surface area contributed by atoms with Gasteiger partial charge < -0.3 is 4.74 Å². The number of esters is 1. The van der Waals surface area contributed by atoms with E-state index in [-0.39, 0.29) is 11.9 Å². The van der Waals surface area contributed by atoms with E-state index in [1.54, 1.807) is 6.92 Å². The second kappa shape index (κ2) is 6.50. The smallest absolute Gasteiger partial charge is 0.320 e. The molecule has 0 bridgehead atoms. The second-order valence-electron chi connectivity index (χ2n) is 4.27. The molecule has 0 aromatic heterocycles. The Morgan fingerprint density at radius 1 is 1.40 bits per heavy atom. The average Bonchev–Trinajstić information content (AvgIpc) is 2.29. The van der Waals surface area contributed by atoms with Gasteiger partial charge in [-0.05, 0) is 25.7 Å². The Kier molecular flexibility index (Phi) is 5.25. The van der Waals surface area contributed by atoms with Crippen LogP contribution < -0.4 is 0 Å². The third kappa shape index (κ3) is 4.38. The monoisotopic (exact) mass is 208 g/mol. The van der Waals surface area contributed by atoms with Gasteiger partial charge in [-0.3, -0.25) is 4.79 Å². The van der Waals surface area contributed by atoms with Crippen LogP contribution in [0.2, 0.25) is 0 Å². The van der Waals surface area contributed by atoms with Gasteiger partial charge >= 0.3 is 5.97 Å². The first-order valence-electron chi connectivity index (χ1n) is 5.80. The van der Waals surface area contributed by atoms with Gasteiger partial charge in [-0.1, -0.05) is 25.2 Å². The molecule has 1 aliphatic rings. The molecule has 0 N–H and O–H groups in total. The highest BCUT2D eigenvalue weighted by Gasteiger charge is 2.12. The van der Waals surface area contributed by atoms with Gasteiger partial charge in [0.2, 0.25) is 0 Å². The summed E-state index contributed by atoms with van der Waals surface area (Å²) in [4.78, 5) is 11.1. The molecular formula is C13H20O2. The summed E-state index contributed by atoms with van der Waals surface area (Å²) in [5.74, 6) is 6.33. The zero-order valence-corrected chi connectivity index (χ0v) is 9.71. The minimum absolute atomic E-state index is 0.230. The molecule has 1 unspecified atom stereocenters. The third-order valence-corrected chi connectivity index (χ3v) is 2.99. The molecular weight excluding hydrogens is 188 g/mol. The molecule has 0 radical (unpaired) electrons. The largest absolute Gasteiger partial charge is 0.468 e. The van der Waals surface area contributed by atoms with E-state index in [2.05, 4.69) is 16.6 Å². The molecule has 0 saturated heterocycles. The molecule has 1 atom stereocenters. The molecule has 0 aromatic rings. The number of ether oxygens (including phenoxy) is 1. The number of carbonyl (C=O) groups excluding carboxylic acids is 1. The Labute approximate surface area is 92.4 Å². The summed E-state index contributed by atoms with van der Waals surface area (Å²) in [6, 6.07) is 0. The van der Waals surface area contributed by atoms with Crippen molar-refractivity contribution in [3.8, 4) is 11.8 Å². The van der Waals surface area contributed by atoms with Gasteiger partial charge in [-0.25, -0.2) is 0 Å². The van der Waals surface area contributed by atoms with Crippen molar-refractivity contribution in [3.05, 3.63) is 0 Å². The van der Waals surface area contributed by atoms with Gasteiger partial charge in [-0.15, -0.1) is 5.92 Å². The van der Waals surface area contributed by atoms with Crippen molar-refractivity contribution in [1.82, 2.24) is 0 Å². The van der Waals surface area contributed by atoms with Crippen LogP contribution in [0.5, 0.6) is 0 Å². The lowest BCUT2D eigenvalue weighted by atomic mass is 9.87. The Morgan fingerprint density at radius 3 is 2.67 bits per heavy atom. The van der Waals surface area contributed by atoms with E-state index in [4.69, 9.17) is 0 Å². The molecule has 15 heavy (non-hydrogen) atoms. The lowest BCUT2D eigenvalue weighted by molar-refractivity contribution is -0.142. The van der Waals surface area contributed by atoms with Crippen LogP contribution in [0, 0.1) is 23.7 Å². The standard InChI is InChI=1S/C13H20O2/c1-11(13(14)15-2)7-6-10-12-8-4-3-5-9-12/h11-12H,3-5,8-10H2,1-2H3. The number of carbonyl (C=O) groups is 1. The molecule has 2 heteroatoms. The quantitative estimate of drug-likeness (QED) is 0.515. The van der Waals surface area contributed by atoms with Gasteiger partial charge in [-0.2, -0.15) is 0 Å². The first kappa shape index (κ1) is 12.1. The molecule has 0 aliphatic heterocycles. The van der Waals surface area contributed by atoms with Gasteiger partial charge in [0, 0.05) is 6.42 Å². The van der Waals surface area contributed by atoms with E-state index >= 15 is 0 Å². The molecule has 1 aliphatic carbocycles. The van der Waals surface area contributed by atoms with Gasteiger partial charge in [0.1, 0.15) is 5.92 Å². The fourth-order valence-corrected chi connectivity index (χ4v) is 1.98. The van der Waals surface area contributed by atoms with Crippen LogP contribution in [0.25, 0.3) is 0 Å². The molecule has 1 fully saturated rings. The Morgan fingerprint density at radius 2 is 2.07 bits per heavy atom. The summed E-state index contributed by atoms with van der Waals surface area (Å²) in [5, 5.41) is 0. The predicted molar refractivity (Wildman–Crippen MR) is 60.1 cm³/mol. The topological polar surface area (TPSA) is 26.3 Å². The van der Waals surface area contributed by atoms with Crippen molar-refractivity contribution >= 4 is 5.97 Å². The van der Waals surface area contributed by atoms with E-state index in [1.165, 1.54) is 39.2 Å². The SMILES string of the molecule is COC(=O)C(C)C#CCC1CCCCC1. The van der Waals surface area contributed by atoms with E-state index in [0.717, 1.165) is 12.3 Å². The van der Waals surface area contributed by atoms with Crippen molar-refractivity contribution < 1.29 is 9.53 Å². The second-order valence-corrected chi connectivity index (χ2v) is 4.27. The van der Waals surface area contributed by atoms with Crippen molar-refractivity contribution in [1.29, 1.82) is 0 Å². The maximum absolute atomic E-state index is 11.1. The van der Waals surface area contributed by atoms with E-state index in [9.17, 15) is 4.79 Å². The van der Waals surface area contributed by atoms with Crippen LogP contribution in [0.1, 0.15) is 45.4 Å². The highest BCUT2D eigenvalue weighted by Crippen LogP contribution is 2.25. The van der Waals surface area contributed by atoms with Gasteiger partial charge in [0.25, 0.3) is 0 Å². The Hall–Kier alpha value is -0.970. The molecule has 84 valence electrons. The van der Waals surface area contributed by atoms with Crippen molar-refractivity contribution in [2.45, 2.75) is 45.4 Å². The van der Waals surface area contributed by atoms with Crippen LogP contribution in [-0.4, -0.2) is 13.1 Å². The maximum Gasteiger partial charge on any atom is 0.320 e. The number of hydrogen-bond donors (Lipinski definition) is 0. The minimum atomic E-state index is -0.279. The number of rotatable bonds is 2. The molecule has 1 rings (SSSR count). The fraction of sp³-hybridized carbons (Fsp3) is 0.769. The van der Waals surface area contributed by atoms with Crippen LogP contribution in [0.15, 0.2) is 0 Å². The van der Waals surface area contributed by atoms with Crippen molar-refractivity contribution in [2.75, 3.05) is 7.11 Å². The molecule has 2 nitrogen and oxygen atoms in total. The fourth-order valence-electron chi connectivity index (χ4n) is 1.98. The van der Waals surface area contributed by atoms with Crippen LogP contribution in [0.4, 0.5) is 0 Å². The Bertz CT molecular complexity index is 253. The zero-order valence-electron chi connectivity index (χ0n) is 9.71. The average molecular weight is 208 g/mol. The zero-order chi connectivity index (χ0) is 11.1.